The second-order valence-electron chi connectivity index (χ2n) is 15.4. The quantitative estimate of drug-likeness (QED) is 0.177. The molecule has 3 heteroatoms. The van der Waals surface area contributed by atoms with Crippen LogP contribution in [-0.4, -0.2) is 11.5 Å². The number of fused-ring (bicyclic) bond motifs is 6. The van der Waals surface area contributed by atoms with Crippen molar-refractivity contribution in [2.45, 2.75) is 38.5 Å². The van der Waals surface area contributed by atoms with E-state index >= 15 is 0 Å². The third-order valence-electron chi connectivity index (χ3n) is 11.8. The van der Waals surface area contributed by atoms with Crippen LogP contribution < -0.4 is 0 Å². The SMILES string of the molecule is C=C1C=C(c2ccccc2)N=C(c2cccc(-c3ccc4c(c3)C(C)(C)C3Cc5oc6ccccc6c5C=C43)c2)N=C1c1ccc(C2=CC=CCC2)cc1. The van der Waals surface area contributed by atoms with Crippen LogP contribution in [0, 0.1) is 5.92 Å². The average molecular weight is 697 g/mol. The van der Waals surface area contributed by atoms with E-state index in [1.165, 1.54) is 44.3 Å². The van der Waals surface area contributed by atoms with Gasteiger partial charge in [-0.2, -0.15) is 0 Å². The van der Waals surface area contributed by atoms with Crippen molar-refractivity contribution in [3.05, 3.63) is 202 Å². The van der Waals surface area contributed by atoms with Crippen molar-refractivity contribution in [2.75, 3.05) is 0 Å². The third kappa shape index (κ3) is 5.42. The van der Waals surface area contributed by atoms with Crippen molar-refractivity contribution in [1.29, 1.82) is 0 Å². The van der Waals surface area contributed by atoms with E-state index in [9.17, 15) is 0 Å². The van der Waals surface area contributed by atoms with Crippen molar-refractivity contribution >= 4 is 45.4 Å². The predicted octanol–water partition coefficient (Wildman–Crippen LogP) is 12.7. The molecule has 5 aromatic carbocycles. The van der Waals surface area contributed by atoms with Gasteiger partial charge in [0.15, 0.2) is 5.84 Å². The normalized spacial score (nSPS) is 18.4. The maximum Gasteiger partial charge on any atom is 0.160 e. The van der Waals surface area contributed by atoms with Crippen LogP contribution in [-0.2, 0) is 11.8 Å². The number of nitrogens with zero attached hydrogens (tertiary/aromatic N) is 2. The van der Waals surface area contributed by atoms with E-state index in [2.05, 4.69) is 154 Å². The number of allylic oxidation sites excluding steroid dienone is 7. The Balaban J connectivity index is 1.04. The smallest absolute Gasteiger partial charge is 0.160 e. The zero-order chi connectivity index (χ0) is 36.4. The summed E-state index contributed by atoms with van der Waals surface area (Å²) < 4.78 is 6.39. The molecule has 2 heterocycles. The van der Waals surface area contributed by atoms with Crippen LogP contribution in [0.1, 0.15) is 71.4 Å². The average Bonchev–Trinajstić information content (AvgIpc) is 3.61. The van der Waals surface area contributed by atoms with Crippen LogP contribution in [0.2, 0.25) is 0 Å². The molecular formula is C51H40N2O. The minimum Gasteiger partial charge on any atom is -0.460 e. The Morgan fingerprint density at radius 3 is 2.28 bits per heavy atom. The first-order chi connectivity index (χ1) is 26.4. The first-order valence-corrected chi connectivity index (χ1v) is 19.0. The summed E-state index contributed by atoms with van der Waals surface area (Å²) in [6.07, 6.45) is 14.1. The predicted molar refractivity (Wildman–Crippen MR) is 226 cm³/mol. The molecule has 3 nitrogen and oxygen atoms in total. The zero-order valence-electron chi connectivity index (χ0n) is 30.6. The van der Waals surface area contributed by atoms with Gasteiger partial charge in [-0.25, -0.2) is 9.98 Å². The number of furan rings is 1. The molecular weight excluding hydrogens is 657 g/mol. The van der Waals surface area contributed by atoms with E-state index in [4.69, 9.17) is 14.4 Å². The molecule has 1 unspecified atom stereocenters. The molecule has 0 radical (unpaired) electrons. The van der Waals surface area contributed by atoms with E-state index in [-0.39, 0.29) is 5.41 Å². The minimum absolute atomic E-state index is 0.0501. The highest BCUT2D eigenvalue weighted by molar-refractivity contribution is 6.23. The Bertz CT molecular complexity index is 2710. The Morgan fingerprint density at radius 1 is 0.704 bits per heavy atom. The van der Waals surface area contributed by atoms with Crippen LogP contribution in [0.15, 0.2) is 172 Å². The van der Waals surface area contributed by atoms with Gasteiger partial charge in [0.25, 0.3) is 0 Å². The highest BCUT2D eigenvalue weighted by atomic mass is 16.3. The van der Waals surface area contributed by atoms with Crippen LogP contribution >= 0.6 is 0 Å². The monoisotopic (exact) mass is 696 g/mol. The van der Waals surface area contributed by atoms with Crippen LogP contribution in [0.25, 0.3) is 45.0 Å². The van der Waals surface area contributed by atoms with Crippen LogP contribution in [0.5, 0.6) is 0 Å². The van der Waals surface area contributed by atoms with Gasteiger partial charge in [-0.15, -0.1) is 0 Å². The molecule has 10 rings (SSSR count). The van der Waals surface area contributed by atoms with E-state index < -0.39 is 0 Å². The summed E-state index contributed by atoms with van der Waals surface area (Å²) in [5.74, 6) is 2.13. The molecule has 0 amide bonds. The maximum absolute atomic E-state index is 6.39. The lowest BCUT2D eigenvalue weighted by molar-refractivity contribution is 0.382. The summed E-state index contributed by atoms with van der Waals surface area (Å²) in [5.41, 5.74) is 16.8. The third-order valence-corrected chi connectivity index (χ3v) is 11.8. The summed E-state index contributed by atoms with van der Waals surface area (Å²) in [7, 11) is 0. The fourth-order valence-electron chi connectivity index (χ4n) is 8.82. The maximum atomic E-state index is 6.39. The van der Waals surface area contributed by atoms with Gasteiger partial charge in [-0.1, -0.05) is 142 Å². The lowest BCUT2D eigenvalue weighted by Crippen LogP contribution is -2.26. The van der Waals surface area contributed by atoms with Gasteiger partial charge in [0, 0.05) is 40.0 Å². The van der Waals surface area contributed by atoms with E-state index in [1.54, 1.807) is 0 Å². The first-order valence-electron chi connectivity index (χ1n) is 19.0. The van der Waals surface area contributed by atoms with Gasteiger partial charge in [0.05, 0.1) is 11.4 Å². The fraction of sp³-hybridized carbons (Fsp3) is 0.137. The Kier molecular flexibility index (Phi) is 7.59. The molecule has 0 bridgehead atoms. The van der Waals surface area contributed by atoms with E-state index in [1.807, 2.05) is 18.2 Å². The van der Waals surface area contributed by atoms with Crippen molar-refractivity contribution in [2.24, 2.45) is 15.9 Å². The molecule has 1 aromatic heterocycles. The van der Waals surface area contributed by atoms with Gasteiger partial charge >= 0.3 is 0 Å². The Morgan fingerprint density at radius 2 is 1.44 bits per heavy atom. The second-order valence-corrected chi connectivity index (χ2v) is 15.4. The molecule has 6 aromatic rings. The number of hydrogen-bond acceptors (Lipinski definition) is 3. The van der Waals surface area contributed by atoms with Crippen molar-refractivity contribution in [3.63, 3.8) is 0 Å². The second kappa shape index (κ2) is 12.7. The molecule has 1 aliphatic heterocycles. The summed E-state index contributed by atoms with van der Waals surface area (Å²) in [6, 6.07) is 43.2. The van der Waals surface area contributed by atoms with E-state index in [0.717, 1.165) is 69.8 Å². The molecule has 260 valence electrons. The topological polar surface area (TPSA) is 37.9 Å². The van der Waals surface area contributed by atoms with Gasteiger partial charge in [-0.3, -0.25) is 0 Å². The van der Waals surface area contributed by atoms with Gasteiger partial charge in [0.2, 0.25) is 0 Å². The Hall–Kier alpha value is -6.32. The van der Waals surface area contributed by atoms with Crippen molar-refractivity contribution in [1.82, 2.24) is 0 Å². The van der Waals surface area contributed by atoms with Crippen LogP contribution in [0.3, 0.4) is 0 Å². The highest BCUT2D eigenvalue weighted by Gasteiger charge is 2.45. The molecule has 0 saturated carbocycles. The molecule has 1 atom stereocenters. The van der Waals surface area contributed by atoms with Crippen molar-refractivity contribution in [3.8, 4) is 11.1 Å². The molecule has 0 N–H and O–H groups in total. The molecule has 0 spiro atoms. The number of benzene rings is 5. The summed E-state index contributed by atoms with van der Waals surface area (Å²) in [4.78, 5) is 10.5. The van der Waals surface area contributed by atoms with Crippen LogP contribution in [0.4, 0.5) is 0 Å². The fourth-order valence-corrected chi connectivity index (χ4v) is 8.82. The number of aliphatic imine (C=N–C) groups is 2. The molecule has 0 fully saturated rings. The lowest BCUT2D eigenvalue weighted by atomic mass is 9.73. The highest BCUT2D eigenvalue weighted by Crippen LogP contribution is 2.55. The van der Waals surface area contributed by atoms with Gasteiger partial charge < -0.3 is 4.42 Å². The zero-order valence-corrected chi connectivity index (χ0v) is 30.6. The number of para-hydroxylation sites is 1. The van der Waals surface area contributed by atoms with Gasteiger partial charge in [-0.05, 0) is 93.1 Å². The minimum atomic E-state index is -0.0501. The first kappa shape index (κ1) is 32.3. The number of amidine groups is 1. The molecule has 4 aliphatic rings. The summed E-state index contributed by atoms with van der Waals surface area (Å²) in [5, 5.41) is 1.20. The standard InChI is InChI=1S/C51H40N2O/c1-32-27-46(35-15-8-5-9-16-35)52-50(53-49(32)36-23-21-34(22-24-36)33-13-6-4-7-14-33)39-18-12-17-37(28-39)38-25-26-40-42-30-43-41-19-10-11-20-47(41)54-48(43)31-45(42)51(2,3)44(40)29-38/h4-6,8-13,15-30,45H,1,7,14,31H2,2-3H3. The van der Waals surface area contributed by atoms with Gasteiger partial charge in [0.1, 0.15) is 11.3 Å². The Labute approximate surface area is 316 Å². The number of hydrogen-bond donors (Lipinski definition) is 0. The molecule has 0 saturated heterocycles. The summed E-state index contributed by atoms with van der Waals surface area (Å²) in [6.45, 7) is 9.29. The van der Waals surface area contributed by atoms with Crippen molar-refractivity contribution < 1.29 is 4.42 Å². The summed E-state index contributed by atoms with van der Waals surface area (Å²) >= 11 is 0. The number of rotatable bonds is 5. The molecule has 54 heavy (non-hydrogen) atoms. The largest absolute Gasteiger partial charge is 0.460 e. The van der Waals surface area contributed by atoms with E-state index in [0.29, 0.717) is 11.8 Å². The molecule has 3 aliphatic carbocycles. The lowest BCUT2D eigenvalue weighted by Gasteiger charge is -2.30.